The first-order valence-electron chi connectivity index (χ1n) is 12.3. The molecule has 10 heteroatoms. The largest absolute Gasteiger partial charge is 0.506 e. The molecular formula is C28H26ClN7O2. The zero-order valence-corrected chi connectivity index (χ0v) is 21.8. The third-order valence-electron chi connectivity index (χ3n) is 6.30. The summed E-state index contributed by atoms with van der Waals surface area (Å²) in [5.41, 5.74) is 4.42. The van der Waals surface area contributed by atoms with Crippen molar-refractivity contribution in [3.63, 3.8) is 0 Å². The zero-order valence-electron chi connectivity index (χ0n) is 21.0. The number of carbonyl (C=O) groups is 1. The highest BCUT2D eigenvalue weighted by molar-refractivity contribution is 6.33. The number of aromatic nitrogens is 7. The summed E-state index contributed by atoms with van der Waals surface area (Å²) in [6.07, 6.45) is 2.49. The summed E-state index contributed by atoms with van der Waals surface area (Å²) in [5, 5.41) is 25.2. The number of carbonyl (C=O) groups excluding carboxylic acids is 1. The second-order valence-corrected chi connectivity index (χ2v) is 9.35. The van der Waals surface area contributed by atoms with Crippen molar-refractivity contribution >= 4 is 17.4 Å². The van der Waals surface area contributed by atoms with Crippen LogP contribution in [0.25, 0.3) is 22.5 Å². The maximum absolute atomic E-state index is 13.6. The maximum atomic E-state index is 13.6. The van der Waals surface area contributed by atoms with Crippen LogP contribution in [0.15, 0.2) is 60.7 Å². The summed E-state index contributed by atoms with van der Waals surface area (Å²) in [7, 11) is 0. The van der Waals surface area contributed by atoms with Gasteiger partial charge in [0.1, 0.15) is 17.3 Å². The van der Waals surface area contributed by atoms with E-state index in [9.17, 15) is 9.90 Å². The van der Waals surface area contributed by atoms with Crippen molar-refractivity contribution in [1.29, 1.82) is 0 Å². The van der Waals surface area contributed by atoms with E-state index in [-0.39, 0.29) is 22.3 Å². The number of unbranched alkanes of at least 4 members (excludes halogenated alkanes) is 1. The molecule has 2 N–H and O–H groups in total. The van der Waals surface area contributed by atoms with Crippen LogP contribution < -0.4 is 0 Å². The minimum atomic E-state index is -0.481. The van der Waals surface area contributed by atoms with Crippen LogP contribution >= 0.6 is 11.6 Å². The molecule has 0 fully saturated rings. The molecular weight excluding hydrogens is 502 g/mol. The standard InChI is InChI=1S/C28H26ClN7O2/c1-3-4-10-23-31-27(29)25(26(38)24-22(37)14-11-17(2)30-24)36(23)16-18-12-13-20(19-8-6-5-7-9-19)21(15-18)28-32-34-35-33-28/h5-9,11-15,37H,3-4,10,16H2,1-2H3,(H,32,33,34,35). The Morgan fingerprint density at radius 2 is 1.87 bits per heavy atom. The Morgan fingerprint density at radius 1 is 1.05 bits per heavy atom. The van der Waals surface area contributed by atoms with E-state index in [1.165, 1.54) is 6.07 Å². The number of hydrogen-bond donors (Lipinski definition) is 2. The van der Waals surface area contributed by atoms with E-state index >= 15 is 0 Å². The lowest BCUT2D eigenvalue weighted by Crippen LogP contribution is -2.16. The lowest BCUT2D eigenvalue weighted by Gasteiger charge is -2.14. The molecule has 0 aliphatic rings. The minimum absolute atomic E-state index is 0.0537. The van der Waals surface area contributed by atoms with Gasteiger partial charge in [0.25, 0.3) is 0 Å². The summed E-state index contributed by atoms with van der Waals surface area (Å²) in [4.78, 5) is 22.4. The topological polar surface area (TPSA) is 122 Å². The monoisotopic (exact) mass is 527 g/mol. The predicted octanol–water partition coefficient (Wildman–Crippen LogP) is 5.41. The molecule has 0 spiro atoms. The number of halogens is 1. The summed E-state index contributed by atoms with van der Waals surface area (Å²) < 4.78 is 1.82. The van der Waals surface area contributed by atoms with Crippen LogP contribution in [0, 0.1) is 6.92 Å². The molecule has 0 amide bonds. The van der Waals surface area contributed by atoms with E-state index in [4.69, 9.17) is 11.6 Å². The van der Waals surface area contributed by atoms with E-state index < -0.39 is 5.78 Å². The van der Waals surface area contributed by atoms with E-state index in [2.05, 4.69) is 37.5 Å². The highest BCUT2D eigenvalue weighted by Gasteiger charge is 2.26. The molecule has 0 saturated carbocycles. The Bertz CT molecular complexity index is 1580. The fraction of sp³-hybridized carbons (Fsp3) is 0.214. The Hall–Kier alpha value is -4.37. The van der Waals surface area contributed by atoms with Crippen molar-refractivity contribution in [3.8, 4) is 28.3 Å². The molecule has 0 bridgehead atoms. The van der Waals surface area contributed by atoms with Gasteiger partial charge in [-0.3, -0.25) is 4.79 Å². The molecule has 0 saturated heterocycles. The van der Waals surface area contributed by atoms with Crippen molar-refractivity contribution in [1.82, 2.24) is 35.2 Å². The molecule has 0 unspecified atom stereocenters. The fourth-order valence-electron chi connectivity index (χ4n) is 4.41. The van der Waals surface area contributed by atoms with Crippen molar-refractivity contribution in [3.05, 3.63) is 94.3 Å². The number of nitrogens with one attached hydrogen (secondary N) is 1. The summed E-state index contributed by atoms with van der Waals surface area (Å²) >= 11 is 6.56. The Balaban J connectivity index is 1.61. The van der Waals surface area contributed by atoms with Crippen molar-refractivity contribution in [2.24, 2.45) is 0 Å². The Kier molecular flexibility index (Phi) is 7.28. The van der Waals surface area contributed by atoms with Crippen LogP contribution in [-0.4, -0.2) is 46.0 Å². The molecule has 0 radical (unpaired) electrons. The van der Waals surface area contributed by atoms with E-state index in [1.807, 2.05) is 53.1 Å². The molecule has 0 atom stereocenters. The summed E-state index contributed by atoms with van der Waals surface area (Å²) in [6.45, 7) is 4.18. The number of tetrazole rings is 1. The second-order valence-electron chi connectivity index (χ2n) is 8.99. The van der Waals surface area contributed by atoms with Gasteiger partial charge in [0, 0.05) is 24.2 Å². The smallest absolute Gasteiger partial charge is 0.234 e. The van der Waals surface area contributed by atoms with Gasteiger partial charge in [-0.1, -0.05) is 67.4 Å². The number of aryl methyl sites for hydroxylation is 2. The van der Waals surface area contributed by atoms with Crippen molar-refractivity contribution in [2.45, 2.75) is 39.7 Å². The Morgan fingerprint density at radius 3 is 2.61 bits per heavy atom. The maximum Gasteiger partial charge on any atom is 0.234 e. The van der Waals surface area contributed by atoms with Crippen LogP contribution in [0.5, 0.6) is 5.75 Å². The molecule has 3 heterocycles. The number of pyridine rings is 1. The lowest BCUT2D eigenvalue weighted by molar-refractivity contribution is 0.102. The van der Waals surface area contributed by atoms with Crippen molar-refractivity contribution < 1.29 is 9.90 Å². The second kappa shape index (κ2) is 10.9. The van der Waals surface area contributed by atoms with Crippen molar-refractivity contribution in [2.75, 3.05) is 0 Å². The molecule has 5 rings (SSSR count). The number of nitrogens with zero attached hydrogens (tertiary/aromatic N) is 6. The summed E-state index contributed by atoms with van der Waals surface area (Å²) in [5.74, 6) is 0.475. The van der Waals surface area contributed by atoms with Gasteiger partial charge >= 0.3 is 0 Å². The van der Waals surface area contributed by atoms with Gasteiger partial charge in [0.2, 0.25) is 11.6 Å². The number of aromatic hydroxyl groups is 1. The van der Waals surface area contributed by atoms with Crippen LogP contribution in [0.4, 0.5) is 0 Å². The number of hydrogen-bond acceptors (Lipinski definition) is 7. The normalized spacial score (nSPS) is 11.1. The number of aromatic amines is 1. The molecule has 3 aromatic heterocycles. The first-order valence-corrected chi connectivity index (χ1v) is 12.7. The number of rotatable bonds is 9. The van der Waals surface area contributed by atoms with E-state index in [1.54, 1.807) is 13.0 Å². The first kappa shape index (κ1) is 25.3. The quantitative estimate of drug-likeness (QED) is 0.245. The van der Waals surface area contributed by atoms with Gasteiger partial charge in [0.15, 0.2) is 10.8 Å². The highest BCUT2D eigenvalue weighted by atomic mass is 35.5. The molecule has 38 heavy (non-hydrogen) atoms. The van der Waals surface area contributed by atoms with Crippen LogP contribution in [-0.2, 0) is 13.0 Å². The number of H-pyrrole nitrogens is 1. The van der Waals surface area contributed by atoms with Gasteiger partial charge in [-0.15, -0.1) is 10.2 Å². The SMILES string of the molecule is CCCCc1nc(Cl)c(C(=O)c2nc(C)ccc2O)n1Cc1ccc(-c2ccccc2)c(-c2nn[nH]n2)c1. The zero-order chi connectivity index (χ0) is 26.6. The lowest BCUT2D eigenvalue weighted by atomic mass is 9.97. The van der Waals surface area contributed by atoms with Crippen LogP contribution in [0.3, 0.4) is 0 Å². The van der Waals surface area contributed by atoms with Gasteiger partial charge in [-0.2, -0.15) is 5.21 Å². The van der Waals surface area contributed by atoms with E-state index in [0.29, 0.717) is 30.3 Å². The fourth-order valence-corrected chi connectivity index (χ4v) is 4.70. The number of benzene rings is 2. The predicted molar refractivity (Wildman–Crippen MR) is 144 cm³/mol. The third kappa shape index (κ3) is 5.05. The van der Waals surface area contributed by atoms with E-state index in [0.717, 1.165) is 35.1 Å². The average Bonchev–Trinajstić information content (AvgIpc) is 3.57. The van der Waals surface area contributed by atoms with Crippen LogP contribution in [0.2, 0.25) is 5.15 Å². The van der Waals surface area contributed by atoms with Gasteiger partial charge < -0.3 is 9.67 Å². The first-order chi connectivity index (χ1) is 18.5. The highest BCUT2D eigenvalue weighted by Crippen LogP contribution is 2.32. The average molecular weight is 528 g/mol. The molecule has 0 aliphatic heterocycles. The third-order valence-corrected chi connectivity index (χ3v) is 6.56. The Labute approximate surface area is 224 Å². The number of ketones is 1. The van der Waals surface area contributed by atoms with Gasteiger partial charge in [-0.05, 0) is 53.4 Å². The molecule has 9 nitrogen and oxygen atoms in total. The minimum Gasteiger partial charge on any atom is -0.506 e. The van der Waals surface area contributed by atoms with Crippen LogP contribution in [0.1, 0.15) is 53.0 Å². The molecule has 0 aliphatic carbocycles. The van der Waals surface area contributed by atoms with Gasteiger partial charge in [-0.25, -0.2) is 9.97 Å². The molecule has 2 aromatic carbocycles. The molecule has 192 valence electrons. The number of imidazole rings is 1. The summed E-state index contributed by atoms with van der Waals surface area (Å²) in [6, 6.07) is 19.1. The van der Waals surface area contributed by atoms with Gasteiger partial charge in [0.05, 0.1) is 0 Å². The molecule has 5 aromatic rings.